The highest BCUT2D eigenvalue weighted by Crippen LogP contribution is 2.26. The Labute approximate surface area is 106 Å². The van der Waals surface area contributed by atoms with Crippen LogP contribution in [-0.2, 0) is 16.1 Å². The molecule has 0 fully saturated rings. The van der Waals surface area contributed by atoms with E-state index >= 15 is 0 Å². The Morgan fingerprint density at radius 1 is 1.31 bits per heavy atom. The highest BCUT2D eigenvalue weighted by atomic mass is 35.5. The highest BCUT2D eigenvalue weighted by molar-refractivity contribution is 6.42. The van der Waals surface area contributed by atoms with E-state index in [1.54, 1.807) is 39.0 Å². The lowest BCUT2D eigenvalue weighted by Crippen LogP contribution is -2.22. The van der Waals surface area contributed by atoms with Gasteiger partial charge in [-0.15, -0.1) is 0 Å². The molecule has 4 heteroatoms. The second-order valence-corrected chi connectivity index (χ2v) is 5.32. The first kappa shape index (κ1) is 13.3. The van der Waals surface area contributed by atoms with Crippen LogP contribution in [0.1, 0.15) is 26.3 Å². The van der Waals surface area contributed by atoms with Gasteiger partial charge in [0.05, 0.1) is 15.5 Å². The summed E-state index contributed by atoms with van der Waals surface area (Å²) >= 11 is 11.8. The topological polar surface area (TPSA) is 26.3 Å². The number of hydrogen-bond acceptors (Lipinski definition) is 2. The van der Waals surface area contributed by atoms with Gasteiger partial charge in [0.2, 0.25) is 0 Å². The van der Waals surface area contributed by atoms with Crippen LogP contribution in [0.4, 0.5) is 0 Å². The number of esters is 1. The standard InChI is InChI=1S/C12H14Cl2O2/c1-12(2,3)11(15)16-7-8-5-4-6-9(13)10(8)14/h4-6H,7H2,1-3H3. The van der Waals surface area contributed by atoms with Gasteiger partial charge in [-0.3, -0.25) is 4.79 Å². The summed E-state index contributed by atoms with van der Waals surface area (Å²) in [6.07, 6.45) is 0. The molecular formula is C12H14Cl2O2. The van der Waals surface area contributed by atoms with E-state index in [0.717, 1.165) is 0 Å². The van der Waals surface area contributed by atoms with Crippen LogP contribution in [0, 0.1) is 5.41 Å². The summed E-state index contributed by atoms with van der Waals surface area (Å²) in [7, 11) is 0. The number of hydrogen-bond donors (Lipinski definition) is 0. The summed E-state index contributed by atoms with van der Waals surface area (Å²) in [5, 5.41) is 0.900. The summed E-state index contributed by atoms with van der Waals surface area (Å²) in [4.78, 5) is 11.5. The van der Waals surface area contributed by atoms with Gasteiger partial charge < -0.3 is 4.74 Å². The molecular weight excluding hydrogens is 247 g/mol. The lowest BCUT2D eigenvalue weighted by atomic mass is 9.97. The zero-order valence-electron chi connectivity index (χ0n) is 9.51. The number of carbonyl (C=O) groups excluding carboxylic acids is 1. The fourth-order valence-electron chi connectivity index (χ4n) is 1.02. The molecule has 16 heavy (non-hydrogen) atoms. The van der Waals surface area contributed by atoms with Gasteiger partial charge in [-0.25, -0.2) is 0 Å². The van der Waals surface area contributed by atoms with Gasteiger partial charge in [0.1, 0.15) is 6.61 Å². The van der Waals surface area contributed by atoms with E-state index in [-0.39, 0.29) is 12.6 Å². The van der Waals surface area contributed by atoms with Crippen LogP contribution >= 0.6 is 23.2 Å². The first-order valence-corrected chi connectivity index (χ1v) is 5.68. The molecule has 0 aromatic heterocycles. The molecule has 0 spiro atoms. The Balaban J connectivity index is 2.69. The van der Waals surface area contributed by atoms with E-state index in [9.17, 15) is 4.79 Å². The minimum absolute atomic E-state index is 0.148. The summed E-state index contributed by atoms with van der Waals surface area (Å²) in [5.74, 6) is -0.261. The van der Waals surface area contributed by atoms with Gasteiger partial charge in [-0.2, -0.15) is 0 Å². The Morgan fingerprint density at radius 3 is 2.50 bits per heavy atom. The molecule has 1 aromatic rings. The van der Waals surface area contributed by atoms with Crippen LogP contribution in [0.2, 0.25) is 10.0 Å². The lowest BCUT2D eigenvalue weighted by Gasteiger charge is -2.17. The van der Waals surface area contributed by atoms with Crippen molar-refractivity contribution in [2.45, 2.75) is 27.4 Å². The third kappa shape index (κ3) is 3.39. The smallest absolute Gasteiger partial charge is 0.311 e. The van der Waals surface area contributed by atoms with Crippen molar-refractivity contribution in [3.05, 3.63) is 33.8 Å². The van der Waals surface area contributed by atoms with Gasteiger partial charge in [0.25, 0.3) is 0 Å². The van der Waals surface area contributed by atoms with Crippen molar-refractivity contribution in [1.29, 1.82) is 0 Å². The first-order valence-electron chi connectivity index (χ1n) is 4.92. The quantitative estimate of drug-likeness (QED) is 0.749. The summed E-state index contributed by atoms with van der Waals surface area (Å²) in [6.45, 7) is 5.55. The van der Waals surface area contributed by atoms with Gasteiger partial charge in [-0.1, -0.05) is 35.3 Å². The lowest BCUT2D eigenvalue weighted by molar-refractivity contribution is -0.154. The minimum atomic E-state index is -0.509. The predicted octanol–water partition coefficient (Wildman–Crippen LogP) is 4.08. The zero-order valence-corrected chi connectivity index (χ0v) is 11.0. The molecule has 0 bridgehead atoms. The van der Waals surface area contributed by atoms with Gasteiger partial charge >= 0.3 is 5.97 Å². The Kier molecular flexibility index (Phi) is 4.22. The van der Waals surface area contributed by atoms with Crippen LogP contribution in [0.15, 0.2) is 18.2 Å². The second-order valence-electron chi connectivity index (χ2n) is 4.54. The summed E-state index contributed by atoms with van der Waals surface area (Å²) in [5.41, 5.74) is 0.206. The minimum Gasteiger partial charge on any atom is -0.460 e. The number of carbonyl (C=O) groups is 1. The molecule has 2 nitrogen and oxygen atoms in total. The Morgan fingerprint density at radius 2 is 1.94 bits per heavy atom. The Bertz CT molecular complexity index is 394. The number of ether oxygens (including phenoxy) is 1. The molecule has 0 radical (unpaired) electrons. The highest BCUT2D eigenvalue weighted by Gasteiger charge is 2.23. The zero-order chi connectivity index (χ0) is 12.3. The van der Waals surface area contributed by atoms with Crippen LogP contribution in [-0.4, -0.2) is 5.97 Å². The molecule has 0 heterocycles. The molecule has 0 aliphatic rings. The van der Waals surface area contributed by atoms with E-state index in [0.29, 0.717) is 15.6 Å². The molecule has 0 amide bonds. The number of benzene rings is 1. The average molecular weight is 261 g/mol. The van der Waals surface area contributed by atoms with Crippen molar-refractivity contribution in [2.75, 3.05) is 0 Å². The van der Waals surface area contributed by atoms with Gasteiger partial charge in [0, 0.05) is 5.56 Å². The summed E-state index contributed by atoms with van der Waals surface area (Å²) < 4.78 is 5.15. The molecule has 1 rings (SSSR count). The molecule has 88 valence electrons. The molecule has 0 aliphatic heterocycles. The number of rotatable bonds is 2. The number of halogens is 2. The monoisotopic (exact) mass is 260 g/mol. The third-order valence-electron chi connectivity index (χ3n) is 2.00. The van der Waals surface area contributed by atoms with Crippen molar-refractivity contribution in [1.82, 2.24) is 0 Å². The van der Waals surface area contributed by atoms with E-state index in [1.807, 2.05) is 0 Å². The third-order valence-corrected chi connectivity index (χ3v) is 2.86. The molecule has 1 aromatic carbocycles. The van der Waals surface area contributed by atoms with E-state index in [1.165, 1.54) is 0 Å². The Hall–Kier alpha value is -0.730. The van der Waals surface area contributed by atoms with Crippen molar-refractivity contribution in [2.24, 2.45) is 5.41 Å². The molecule has 0 saturated heterocycles. The van der Waals surface area contributed by atoms with E-state index < -0.39 is 5.41 Å². The van der Waals surface area contributed by atoms with Crippen molar-refractivity contribution in [3.63, 3.8) is 0 Å². The van der Waals surface area contributed by atoms with E-state index in [4.69, 9.17) is 27.9 Å². The van der Waals surface area contributed by atoms with Crippen molar-refractivity contribution in [3.8, 4) is 0 Å². The largest absolute Gasteiger partial charge is 0.460 e. The average Bonchev–Trinajstić information content (AvgIpc) is 2.18. The first-order chi connectivity index (χ1) is 7.32. The maximum atomic E-state index is 11.5. The molecule has 0 aliphatic carbocycles. The fraction of sp³-hybridized carbons (Fsp3) is 0.417. The van der Waals surface area contributed by atoms with E-state index in [2.05, 4.69) is 0 Å². The molecule has 0 unspecified atom stereocenters. The SMILES string of the molecule is CC(C)(C)C(=O)OCc1cccc(Cl)c1Cl. The summed E-state index contributed by atoms with van der Waals surface area (Å²) in [6, 6.07) is 5.25. The van der Waals surface area contributed by atoms with Crippen molar-refractivity contribution < 1.29 is 9.53 Å². The van der Waals surface area contributed by atoms with Crippen molar-refractivity contribution >= 4 is 29.2 Å². The van der Waals surface area contributed by atoms with Crippen LogP contribution < -0.4 is 0 Å². The predicted molar refractivity (Wildman–Crippen MR) is 65.7 cm³/mol. The second kappa shape index (κ2) is 5.07. The molecule has 0 saturated carbocycles. The van der Waals surface area contributed by atoms with Crippen LogP contribution in [0.25, 0.3) is 0 Å². The maximum absolute atomic E-state index is 11.5. The van der Waals surface area contributed by atoms with Gasteiger partial charge in [-0.05, 0) is 26.8 Å². The van der Waals surface area contributed by atoms with Crippen LogP contribution in [0.5, 0.6) is 0 Å². The fourth-order valence-corrected chi connectivity index (χ4v) is 1.39. The molecule has 0 atom stereocenters. The maximum Gasteiger partial charge on any atom is 0.311 e. The van der Waals surface area contributed by atoms with Gasteiger partial charge in [0.15, 0.2) is 0 Å². The van der Waals surface area contributed by atoms with Crippen LogP contribution in [0.3, 0.4) is 0 Å². The molecule has 0 N–H and O–H groups in total. The normalized spacial score (nSPS) is 11.3.